The van der Waals surface area contributed by atoms with Crippen LogP contribution in [0.2, 0.25) is 0 Å². The molecular formula is C20H16ClN. The maximum absolute atomic E-state index is 6.51. The predicted octanol–water partition coefficient (Wildman–Crippen LogP) is 5.54. The first-order valence-corrected chi connectivity index (χ1v) is 7.54. The standard InChI is InChI=1S/C20H16ClN/c1-22-20(16-8-3-2-4-9-16)14-19(21)18-12-11-15-7-5-6-10-17(15)13-18/h2-14H,1H3/b19-14-,22-20?. The van der Waals surface area contributed by atoms with Gasteiger partial charge in [0.15, 0.2) is 0 Å². The van der Waals surface area contributed by atoms with Gasteiger partial charge in [-0.2, -0.15) is 0 Å². The van der Waals surface area contributed by atoms with Crippen LogP contribution in [0.3, 0.4) is 0 Å². The molecule has 0 amide bonds. The molecule has 0 heterocycles. The van der Waals surface area contributed by atoms with E-state index in [1.807, 2.05) is 54.6 Å². The van der Waals surface area contributed by atoms with Gasteiger partial charge in [0, 0.05) is 12.1 Å². The van der Waals surface area contributed by atoms with Gasteiger partial charge in [0.2, 0.25) is 0 Å². The fourth-order valence-electron chi connectivity index (χ4n) is 2.43. The number of allylic oxidation sites excluding steroid dienone is 1. The van der Waals surface area contributed by atoms with Gasteiger partial charge in [-0.15, -0.1) is 0 Å². The fraction of sp³-hybridized carbons (Fsp3) is 0.0500. The zero-order chi connectivity index (χ0) is 15.4. The Hall–Kier alpha value is -2.38. The van der Waals surface area contributed by atoms with Gasteiger partial charge in [0.1, 0.15) is 0 Å². The van der Waals surface area contributed by atoms with E-state index < -0.39 is 0 Å². The molecule has 3 aromatic carbocycles. The molecule has 0 fully saturated rings. The first-order valence-electron chi connectivity index (χ1n) is 7.16. The van der Waals surface area contributed by atoms with Gasteiger partial charge in [0.25, 0.3) is 0 Å². The van der Waals surface area contributed by atoms with E-state index in [1.165, 1.54) is 10.8 Å². The van der Waals surface area contributed by atoms with E-state index in [4.69, 9.17) is 11.6 Å². The van der Waals surface area contributed by atoms with Gasteiger partial charge >= 0.3 is 0 Å². The van der Waals surface area contributed by atoms with Crippen LogP contribution in [0, 0.1) is 0 Å². The molecule has 0 radical (unpaired) electrons. The fourth-order valence-corrected chi connectivity index (χ4v) is 2.65. The maximum Gasteiger partial charge on any atom is 0.0658 e. The van der Waals surface area contributed by atoms with Crippen LogP contribution in [-0.4, -0.2) is 12.8 Å². The van der Waals surface area contributed by atoms with Gasteiger partial charge < -0.3 is 0 Å². The van der Waals surface area contributed by atoms with Crippen LogP contribution in [0.25, 0.3) is 15.8 Å². The van der Waals surface area contributed by atoms with Crippen molar-refractivity contribution in [3.05, 3.63) is 90.0 Å². The summed E-state index contributed by atoms with van der Waals surface area (Å²) in [5, 5.41) is 3.08. The van der Waals surface area contributed by atoms with Crippen molar-refractivity contribution in [3.63, 3.8) is 0 Å². The van der Waals surface area contributed by atoms with Crippen LogP contribution >= 0.6 is 11.6 Å². The third-order valence-electron chi connectivity index (χ3n) is 3.60. The Bertz CT molecular complexity index is 848. The van der Waals surface area contributed by atoms with Gasteiger partial charge in [-0.1, -0.05) is 78.3 Å². The van der Waals surface area contributed by atoms with Crippen molar-refractivity contribution in [2.45, 2.75) is 0 Å². The van der Waals surface area contributed by atoms with Crippen molar-refractivity contribution < 1.29 is 0 Å². The lowest BCUT2D eigenvalue weighted by Gasteiger charge is -2.05. The van der Waals surface area contributed by atoms with E-state index in [0.29, 0.717) is 5.03 Å². The second kappa shape index (κ2) is 6.59. The van der Waals surface area contributed by atoms with Crippen molar-refractivity contribution in [2.75, 3.05) is 7.05 Å². The molecule has 2 heteroatoms. The second-order valence-electron chi connectivity index (χ2n) is 5.03. The van der Waals surface area contributed by atoms with Crippen LogP contribution in [0.5, 0.6) is 0 Å². The summed E-state index contributed by atoms with van der Waals surface area (Å²) in [5.74, 6) is 0. The van der Waals surface area contributed by atoms with E-state index in [1.54, 1.807) is 7.05 Å². The van der Waals surface area contributed by atoms with E-state index in [0.717, 1.165) is 16.8 Å². The highest BCUT2D eigenvalue weighted by atomic mass is 35.5. The summed E-state index contributed by atoms with van der Waals surface area (Å²) in [6, 6.07) is 24.5. The topological polar surface area (TPSA) is 12.4 Å². The summed E-state index contributed by atoms with van der Waals surface area (Å²) in [6.07, 6.45) is 1.92. The number of hydrogen-bond acceptors (Lipinski definition) is 1. The zero-order valence-electron chi connectivity index (χ0n) is 12.3. The van der Waals surface area contributed by atoms with Crippen molar-refractivity contribution in [1.82, 2.24) is 0 Å². The Labute approximate surface area is 135 Å². The smallest absolute Gasteiger partial charge is 0.0658 e. The van der Waals surface area contributed by atoms with E-state index in [9.17, 15) is 0 Å². The Morgan fingerprint density at radius 3 is 2.23 bits per heavy atom. The number of benzene rings is 3. The molecule has 3 rings (SSSR count). The molecule has 0 aliphatic heterocycles. The molecule has 0 unspecified atom stereocenters. The molecule has 0 saturated carbocycles. The molecule has 108 valence electrons. The number of halogens is 1. The molecule has 3 aromatic rings. The first-order chi connectivity index (χ1) is 10.8. The summed E-state index contributed by atoms with van der Waals surface area (Å²) in [5.41, 5.74) is 2.93. The molecule has 0 aromatic heterocycles. The first kappa shape index (κ1) is 14.6. The van der Waals surface area contributed by atoms with Gasteiger partial charge in [-0.25, -0.2) is 0 Å². The molecule has 22 heavy (non-hydrogen) atoms. The van der Waals surface area contributed by atoms with Crippen LogP contribution in [-0.2, 0) is 0 Å². The van der Waals surface area contributed by atoms with Crippen LogP contribution in [0.1, 0.15) is 11.1 Å². The summed E-state index contributed by atoms with van der Waals surface area (Å²) in [6.45, 7) is 0. The Kier molecular flexibility index (Phi) is 4.36. The largest absolute Gasteiger partial charge is 0.288 e. The quantitative estimate of drug-likeness (QED) is 0.563. The van der Waals surface area contributed by atoms with E-state index in [2.05, 4.69) is 29.3 Å². The Morgan fingerprint density at radius 1 is 0.818 bits per heavy atom. The normalized spacial score (nSPS) is 12.6. The lowest BCUT2D eigenvalue weighted by Crippen LogP contribution is -1.96. The molecule has 0 aliphatic carbocycles. The maximum atomic E-state index is 6.51. The molecule has 0 spiro atoms. The zero-order valence-corrected chi connectivity index (χ0v) is 13.1. The molecule has 0 saturated heterocycles. The number of hydrogen-bond donors (Lipinski definition) is 0. The number of nitrogens with zero attached hydrogens (tertiary/aromatic N) is 1. The van der Waals surface area contributed by atoms with Gasteiger partial charge in [-0.05, 0) is 34.0 Å². The third kappa shape index (κ3) is 3.10. The molecular weight excluding hydrogens is 290 g/mol. The highest BCUT2D eigenvalue weighted by Gasteiger charge is 2.04. The average molecular weight is 306 g/mol. The average Bonchev–Trinajstić information content (AvgIpc) is 2.59. The molecule has 1 nitrogen and oxygen atoms in total. The highest BCUT2D eigenvalue weighted by molar-refractivity contribution is 6.50. The number of aliphatic imine (C=N–C) groups is 1. The predicted molar refractivity (Wildman–Crippen MR) is 96.7 cm³/mol. The van der Waals surface area contributed by atoms with Crippen LogP contribution in [0.15, 0.2) is 83.9 Å². The summed E-state index contributed by atoms with van der Waals surface area (Å²) >= 11 is 6.51. The highest BCUT2D eigenvalue weighted by Crippen LogP contribution is 2.24. The van der Waals surface area contributed by atoms with Crippen LogP contribution < -0.4 is 0 Å². The van der Waals surface area contributed by atoms with Crippen LogP contribution in [0.4, 0.5) is 0 Å². The van der Waals surface area contributed by atoms with Crippen molar-refractivity contribution in [1.29, 1.82) is 0 Å². The second-order valence-corrected chi connectivity index (χ2v) is 5.44. The third-order valence-corrected chi connectivity index (χ3v) is 3.93. The van der Waals surface area contributed by atoms with Gasteiger partial charge in [-0.3, -0.25) is 4.99 Å². The lowest BCUT2D eigenvalue weighted by atomic mass is 10.0. The Balaban J connectivity index is 1.98. The lowest BCUT2D eigenvalue weighted by molar-refractivity contribution is 1.43. The minimum absolute atomic E-state index is 0.690. The molecule has 0 atom stereocenters. The van der Waals surface area contributed by atoms with Gasteiger partial charge in [0.05, 0.1) is 5.71 Å². The van der Waals surface area contributed by atoms with Crippen molar-refractivity contribution in [2.24, 2.45) is 4.99 Å². The minimum Gasteiger partial charge on any atom is -0.288 e. The van der Waals surface area contributed by atoms with E-state index >= 15 is 0 Å². The monoisotopic (exact) mass is 305 g/mol. The number of rotatable bonds is 3. The SMILES string of the molecule is CN=C(/C=C(\Cl)c1ccc2ccccc2c1)c1ccccc1. The van der Waals surface area contributed by atoms with Crippen molar-refractivity contribution >= 4 is 33.1 Å². The molecule has 0 aliphatic rings. The van der Waals surface area contributed by atoms with E-state index in [-0.39, 0.29) is 0 Å². The summed E-state index contributed by atoms with van der Waals surface area (Å²) in [7, 11) is 1.78. The number of fused-ring (bicyclic) bond motifs is 1. The summed E-state index contributed by atoms with van der Waals surface area (Å²) < 4.78 is 0. The molecule has 0 bridgehead atoms. The molecule has 0 N–H and O–H groups in total. The Morgan fingerprint density at radius 2 is 1.50 bits per heavy atom. The van der Waals surface area contributed by atoms with Crippen molar-refractivity contribution in [3.8, 4) is 0 Å². The summed E-state index contributed by atoms with van der Waals surface area (Å²) in [4.78, 5) is 4.34. The minimum atomic E-state index is 0.690.